The highest BCUT2D eigenvalue weighted by Crippen LogP contribution is 2.31. The van der Waals surface area contributed by atoms with Crippen molar-refractivity contribution in [3.63, 3.8) is 0 Å². The fraction of sp³-hybridized carbons (Fsp3) is 0.294. The van der Waals surface area contributed by atoms with Gasteiger partial charge in [-0.25, -0.2) is 19.9 Å². The molecule has 0 saturated carbocycles. The Morgan fingerprint density at radius 1 is 0.886 bits per heavy atom. The topological polar surface area (TPSA) is 145 Å². The number of imidazole rings is 1. The Hall–Kier alpha value is -5.32. The number of hydrogen-bond donors (Lipinski definition) is 2. The van der Waals surface area contributed by atoms with E-state index in [1.807, 2.05) is 52.0 Å². The summed E-state index contributed by atoms with van der Waals surface area (Å²) in [5, 5.41) is 21.8. The summed E-state index contributed by atoms with van der Waals surface area (Å²) in [7, 11) is 0. The highest BCUT2D eigenvalue weighted by molar-refractivity contribution is 5.86. The molecule has 10 heteroatoms. The molecule has 4 heterocycles. The van der Waals surface area contributed by atoms with Crippen LogP contribution in [0.25, 0.3) is 28.1 Å². The van der Waals surface area contributed by atoms with Crippen LogP contribution in [-0.2, 0) is 6.54 Å². The van der Waals surface area contributed by atoms with E-state index in [0.29, 0.717) is 29.1 Å². The number of nitrogen functional groups attached to an aromatic ring is 1. The van der Waals surface area contributed by atoms with Gasteiger partial charge in [0.15, 0.2) is 0 Å². The minimum atomic E-state index is 0.178. The molecule has 2 aromatic carbocycles. The van der Waals surface area contributed by atoms with Gasteiger partial charge in [0.2, 0.25) is 5.82 Å². The number of nitrogens with two attached hydrogens (primary N) is 1. The maximum Gasteiger partial charge on any atom is 0.234 e. The van der Waals surface area contributed by atoms with Gasteiger partial charge in [-0.05, 0) is 66.9 Å². The average molecular weight is 587 g/mol. The van der Waals surface area contributed by atoms with E-state index in [4.69, 9.17) is 16.0 Å². The first-order valence-electron chi connectivity index (χ1n) is 15.1. The molecule has 1 aliphatic rings. The molecule has 0 aliphatic carbocycles. The molecule has 5 aromatic rings. The summed E-state index contributed by atoms with van der Waals surface area (Å²) >= 11 is 0. The second-order valence-electron chi connectivity index (χ2n) is 9.76. The SMILES string of the molecule is CC.CC.N#Cc1ccc2c(c1)nc(-c1cccnc1N)n2-c1ccc(CN2CCC(Nc3ccnc(C#N)n3)CC2)cc1. The van der Waals surface area contributed by atoms with E-state index in [2.05, 4.69) is 60.1 Å². The molecule has 0 unspecified atom stereocenters. The van der Waals surface area contributed by atoms with Crippen molar-refractivity contribution in [2.75, 3.05) is 24.1 Å². The fourth-order valence-corrected chi connectivity index (χ4v) is 5.14. The summed E-state index contributed by atoms with van der Waals surface area (Å²) in [6.45, 7) is 10.8. The molecule has 3 aromatic heterocycles. The van der Waals surface area contributed by atoms with E-state index < -0.39 is 0 Å². The number of nitrogens with one attached hydrogen (secondary N) is 1. The highest BCUT2D eigenvalue weighted by Gasteiger charge is 2.21. The van der Waals surface area contributed by atoms with Gasteiger partial charge in [0.1, 0.15) is 23.5 Å². The molecule has 6 rings (SSSR count). The predicted octanol–water partition coefficient (Wildman–Crippen LogP) is 6.33. The first kappa shape index (κ1) is 31.6. The van der Waals surface area contributed by atoms with Crippen LogP contribution in [0.4, 0.5) is 11.6 Å². The average Bonchev–Trinajstić information content (AvgIpc) is 3.46. The van der Waals surface area contributed by atoms with Crippen LogP contribution in [0.1, 0.15) is 57.5 Å². The van der Waals surface area contributed by atoms with Gasteiger partial charge in [-0.15, -0.1) is 0 Å². The highest BCUT2D eigenvalue weighted by atomic mass is 15.2. The molecule has 1 aliphatic heterocycles. The van der Waals surface area contributed by atoms with Gasteiger partial charge < -0.3 is 11.1 Å². The Balaban J connectivity index is 0.00000106. The number of aromatic nitrogens is 5. The second kappa shape index (κ2) is 15.2. The largest absolute Gasteiger partial charge is 0.383 e. The number of pyridine rings is 1. The zero-order valence-corrected chi connectivity index (χ0v) is 25.7. The maximum absolute atomic E-state index is 9.38. The standard InChI is InChI=1S/C30H26N10.2C2H6/c31-17-21-5-8-26-25(16-21)37-30(24-2-1-12-35-29(24)33)40(26)23-6-3-20(4-7-23)19-39-14-10-22(11-15-39)36-27-9-13-34-28(18-32)38-27;2*1-2/h1-9,12-13,16,22H,10-11,14-15,19H2,(H2,33,35)(H,34,36,38);2*1-2H3. The van der Waals surface area contributed by atoms with Crippen LogP contribution < -0.4 is 11.1 Å². The van der Waals surface area contributed by atoms with Gasteiger partial charge in [-0.2, -0.15) is 10.5 Å². The number of nitrogens with zero attached hydrogens (tertiary/aromatic N) is 8. The van der Waals surface area contributed by atoms with Gasteiger partial charge in [-0.1, -0.05) is 39.8 Å². The lowest BCUT2D eigenvalue weighted by atomic mass is 10.0. The van der Waals surface area contributed by atoms with E-state index in [-0.39, 0.29) is 5.82 Å². The molecule has 44 heavy (non-hydrogen) atoms. The first-order valence-corrected chi connectivity index (χ1v) is 15.1. The number of hydrogen-bond acceptors (Lipinski definition) is 9. The lowest BCUT2D eigenvalue weighted by Crippen LogP contribution is -2.38. The first-order chi connectivity index (χ1) is 21.6. The third-order valence-corrected chi connectivity index (χ3v) is 7.16. The van der Waals surface area contributed by atoms with Gasteiger partial charge in [0.05, 0.1) is 28.2 Å². The summed E-state index contributed by atoms with van der Waals surface area (Å²) in [6.07, 6.45) is 5.25. The van der Waals surface area contributed by atoms with E-state index in [1.165, 1.54) is 5.56 Å². The molecule has 1 fully saturated rings. The van der Waals surface area contributed by atoms with Crippen molar-refractivity contribution >= 4 is 22.7 Å². The van der Waals surface area contributed by atoms with Crippen molar-refractivity contribution in [1.82, 2.24) is 29.4 Å². The van der Waals surface area contributed by atoms with Crippen molar-refractivity contribution in [3.05, 3.63) is 90.0 Å². The molecular weight excluding hydrogens is 548 g/mol. The predicted molar refractivity (Wildman–Crippen MR) is 175 cm³/mol. The summed E-state index contributed by atoms with van der Waals surface area (Å²) in [5.74, 6) is 1.96. The Kier molecular flexibility index (Phi) is 10.9. The zero-order valence-electron chi connectivity index (χ0n) is 25.7. The quantitative estimate of drug-likeness (QED) is 0.233. The second-order valence-corrected chi connectivity index (χ2v) is 9.76. The van der Waals surface area contributed by atoms with E-state index in [9.17, 15) is 5.26 Å². The van der Waals surface area contributed by atoms with Gasteiger partial charge in [0.25, 0.3) is 0 Å². The molecule has 0 amide bonds. The molecule has 1 saturated heterocycles. The van der Waals surface area contributed by atoms with Crippen molar-refractivity contribution in [1.29, 1.82) is 10.5 Å². The lowest BCUT2D eigenvalue weighted by Gasteiger charge is -2.32. The van der Waals surface area contributed by atoms with Crippen molar-refractivity contribution in [2.24, 2.45) is 0 Å². The number of likely N-dealkylation sites (tertiary alicyclic amines) is 1. The number of nitriles is 2. The normalized spacial score (nSPS) is 13.0. The van der Waals surface area contributed by atoms with E-state index in [0.717, 1.165) is 54.8 Å². The summed E-state index contributed by atoms with van der Waals surface area (Å²) in [5.41, 5.74) is 11.3. The third-order valence-electron chi connectivity index (χ3n) is 7.16. The molecule has 224 valence electrons. The molecule has 3 N–H and O–H groups in total. The van der Waals surface area contributed by atoms with Crippen molar-refractivity contribution < 1.29 is 0 Å². The molecule has 10 nitrogen and oxygen atoms in total. The van der Waals surface area contributed by atoms with Gasteiger partial charge in [-0.3, -0.25) is 9.47 Å². The van der Waals surface area contributed by atoms with Crippen LogP contribution in [0, 0.1) is 22.7 Å². The van der Waals surface area contributed by atoms with Crippen LogP contribution >= 0.6 is 0 Å². The number of rotatable bonds is 6. The summed E-state index contributed by atoms with van der Waals surface area (Å²) in [6, 6.07) is 24.1. The minimum absolute atomic E-state index is 0.178. The summed E-state index contributed by atoms with van der Waals surface area (Å²) in [4.78, 5) is 19.7. The Morgan fingerprint density at radius 3 is 2.32 bits per heavy atom. The number of benzene rings is 2. The number of anilines is 2. The minimum Gasteiger partial charge on any atom is -0.383 e. The van der Waals surface area contributed by atoms with Gasteiger partial charge >= 0.3 is 0 Å². The van der Waals surface area contributed by atoms with Crippen LogP contribution in [0.2, 0.25) is 0 Å². The number of fused-ring (bicyclic) bond motifs is 1. The van der Waals surface area contributed by atoms with E-state index in [1.54, 1.807) is 30.6 Å². The molecule has 0 radical (unpaired) electrons. The molecular formula is C34H38N10. The molecule has 0 spiro atoms. The summed E-state index contributed by atoms with van der Waals surface area (Å²) < 4.78 is 2.07. The fourth-order valence-electron chi connectivity index (χ4n) is 5.14. The van der Waals surface area contributed by atoms with Crippen LogP contribution in [0.15, 0.2) is 73.1 Å². The molecule has 0 atom stereocenters. The lowest BCUT2D eigenvalue weighted by molar-refractivity contribution is 0.211. The van der Waals surface area contributed by atoms with Crippen molar-refractivity contribution in [3.8, 4) is 29.2 Å². The maximum atomic E-state index is 9.38. The van der Waals surface area contributed by atoms with Crippen molar-refractivity contribution in [2.45, 2.75) is 53.1 Å². The Morgan fingerprint density at radius 2 is 1.64 bits per heavy atom. The van der Waals surface area contributed by atoms with E-state index >= 15 is 0 Å². The van der Waals surface area contributed by atoms with Crippen LogP contribution in [0.3, 0.4) is 0 Å². The van der Waals surface area contributed by atoms with Crippen LogP contribution in [0.5, 0.6) is 0 Å². The Labute approximate surface area is 258 Å². The monoisotopic (exact) mass is 586 g/mol. The van der Waals surface area contributed by atoms with Crippen LogP contribution in [-0.4, -0.2) is 48.5 Å². The Bertz CT molecular complexity index is 1750. The van der Waals surface area contributed by atoms with Gasteiger partial charge in [0, 0.05) is 43.8 Å². The third kappa shape index (κ3) is 7.17. The smallest absolute Gasteiger partial charge is 0.234 e. The molecule has 0 bridgehead atoms. The number of piperidine rings is 1. The zero-order chi connectivity index (χ0) is 31.5.